The standard InChI is InChI=1S/C15H22N2OS2/c1-3-20-13-6-4-5-12(14(13)15(16)19)17(9-10-18-2)11-7-8-11/h4-6,11H,3,7-10H2,1-2H3,(H2,16,19). The molecule has 110 valence electrons. The van der Waals surface area contributed by atoms with Gasteiger partial charge >= 0.3 is 0 Å². The minimum absolute atomic E-state index is 0.486. The smallest absolute Gasteiger partial charge is 0.107 e. The average molecular weight is 310 g/mol. The van der Waals surface area contributed by atoms with Crippen LogP contribution < -0.4 is 10.6 Å². The molecule has 1 saturated carbocycles. The molecule has 2 rings (SSSR count). The number of methoxy groups -OCH3 is 1. The molecule has 0 heterocycles. The summed E-state index contributed by atoms with van der Waals surface area (Å²) in [5.74, 6) is 1.01. The molecule has 0 amide bonds. The number of thiocarbonyl (C=S) groups is 1. The number of ether oxygens (including phenoxy) is 1. The fourth-order valence-corrected chi connectivity index (χ4v) is 3.48. The van der Waals surface area contributed by atoms with E-state index in [4.69, 9.17) is 22.7 Å². The second kappa shape index (κ2) is 7.29. The highest BCUT2D eigenvalue weighted by Crippen LogP contribution is 2.37. The van der Waals surface area contributed by atoms with Crippen molar-refractivity contribution in [3.8, 4) is 0 Å². The van der Waals surface area contributed by atoms with Crippen LogP contribution in [-0.4, -0.2) is 37.0 Å². The normalized spacial score (nSPS) is 14.3. The lowest BCUT2D eigenvalue weighted by atomic mass is 10.1. The number of hydrogen-bond acceptors (Lipinski definition) is 4. The zero-order valence-electron chi connectivity index (χ0n) is 12.1. The SMILES string of the molecule is CCSc1cccc(N(CCOC)C2CC2)c1C(N)=S. The number of rotatable bonds is 8. The molecule has 5 heteroatoms. The molecule has 1 aliphatic carbocycles. The fraction of sp³-hybridized carbons (Fsp3) is 0.533. The van der Waals surface area contributed by atoms with Crippen molar-refractivity contribution < 1.29 is 4.74 Å². The van der Waals surface area contributed by atoms with Crippen molar-refractivity contribution in [2.75, 3.05) is 30.9 Å². The number of thioether (sulfide) groups is 1. The van der Waals surface area contributed by atoms with Crippen molar-refractivity contribution in [1.82, 2.24) is 0 Å². The molecule has 1 aromatic carbocycles. The maximum atomic E-state index is 5.99. The van der Waals surface area contributed by atoms with Gasteiger partial charge < -0.3 is 15.4 Å². The maximum Gasteiger partial charge on any atom is 0.107 e. The van der Waals surface area contributed by atoms with Gasteiger partial charge in [0.05, 0.1) is 6.61 Å². The Labute approximate surface area is 130 Å². The van der Waals surface area contributed by atoms with Gasteiger partial charge in [-0.3, -0.25) is 0 Å². The summed E-state index contributed by atoms with van der Waals surface area (Å²) in [5.41, 5.74) is 8.18. The molecule has 0 saturated heterocycles. The van der Waals surface area contributed by atoms with Gasteiger partial charge in [0.25, 0.3) is 0 Å². The third-order valence-electron chi connectivity index (χ3n) is 3.38. The van der Waals surface area contributed by atoms with E-state index in [1.165, 1.54) is 17.7 Å². The van der Waals surface area contributed by atoms with Gasteiger partial charge in [-0.05, 0) is 30.7 Å². The van der Waals surface area contributed by atoms with Crippen molar-refractivity contribution >= 4 is 34.7 Å². The first-order chi connectivity index (χ1) is 9.69. The van der Waals surface area contributed by atoms with Gasteiger partial charge in [0.15, 0.2) is 0 Å². The van der Waals surface area contributed by atoms with E-state index in [2.05, 4.69) is 30.0 Å². The highest BCUT2D eigenvalue weighted by Gasteiger charge is 2.31. The summed E-state index contributed by atoms with van der Waals surface area (Å²) in [7, 11) is 1.74. The zero-order chi connectivity index (χ0) is 14.5. The van der Waals surface area contributed by atoms with E-state index >= 15 is 0 Å². The lowest BCUT2D eigenvalue weighted by Gasteiger charge is -2.27. The van der Waals surface area contributed by atoms with Crippen molar-refractivity contribution in [3.05, 3.63) is 23.8 Å². The molecule has 0 atom stereocenters. The van der Waals surface area contributed by atoms with E-state index in [0.717, 1.165) is 30.2 Å². The van der Waals surface area contributed by atoms with Crippen LogP contribution in [0.5, 0.6) is 0 Å². The Kier molecular flexibility index (Phi) is 5.69. The number of nitrogens with two attached hydrogens (primary N) is 1. The predicted molar refractivity (Wildman–Crippen MR) is 91.0 cm³/mol. The Bertz CT molecular complexity index is 475. The Morgan fingerprint density at radius 1 is 1.50 bits per heavy atom. The lowest BCUT2D eigenvalue weighted by Crippen LogP contribution is -2.31. The van der Waals surface area contributed by atoms with Crippen LogP contribution in [0.15, 0.2) is 23.1 Å². The molecule has 1 fully saturated rings. The first kappa shape index (κ1) is 15.6. The molecule has 1 aromatic rings. The first-order valence-corrected chi connectivity index (χ1v) is 8.39. The van der Waals surface area contributed by atoms with Crippen molar-refractivity contribution in [2.24, 2.45) is 5.73 Å². The highest BCUT2D eigenvalue weighted by molar-refractivity contribution is 7.99. The van der Waals surface area contributed by atoms with E-state index in [-0.39, 0.29) is 0 Å². The van der Waals surface area contributed by atoms with Gasteiger partial charge in [0.2, 0.25) is 0 Å². The number of anilines is 1. The second-order valence-corrected chi connectivity index (χ2v) is 6.61. The summed E-state index contributed by atoms with van der Waals surface area (Å²) >= 11 is 7.09. The summed E-state index contributed by atoms with van der Waals surface area (Å²) in [6.07, 6.45) is 2.48. The van der Waals surface area contributed by atoms with Gasteiger partial charge in [-0.15, -0.1) is 11.8 Å². The average Bonchev–Trinajstić information content (AvgIpc) is 3.24. The molecule has 0 bridgehead atoms. The maximum absolute atomic E-state index is 5.99. The molecule has 0 aromatic heterocycles. The highest BCUT2D eigenvalue weighted by atomic mass is 32.2. The monoisotopic (exact) mass is 310 g/mol. The van der Waals surface area contributed by atoms with Crippen LogP contribution in [0.25, 0.3) is 0 Å². The van der Waals surface area contributed by atoms with Crippen LogP contribution in [0.2, 0.25) is 0 Å². The van der Waals surface area contributed by atoms with Crippen LogP contribution in [0, 0.1) is 0 Å². The molecular formula is C15H22N2OS2. The third-order valence-corrected chi connectivity index (χ3v) is 4.53. The molecule has 2 N–H and O–H groups in total. The van der Waals surface area contributed by atoms with E-state index in [1.807, 2.05) is 0 Å². The topological polar surface area (TPSA) is 38.5 Å². The number of nitrogens with zero attached hydrogens (tertiary/aromatic N) is 1. The minimum Gasteiger partial charge on any atom is -0.389 e. The van der Waals surface area contributed by atoms with Gasteiger partial charge in [0.1, 0.15) is 4.99 Å². The van der Waals surface area contributed by atoms with E-state index < -0.39 is 0 Å². The number of hydrogen-bond donors (Lipinski definition) is 1. The van der Waals surface area contributed by atoms with Crippen LogP contribution in [0.4, 0.5) is 5.69 Å². The van der Waals surface area contributed by atoms with Gasteiger partial charge in [-0.2, -0.15) is 0 Å². The molecule has 0 spiro atoms. The Morgan fingerprint density at radius 2 is 2.25 bits per heavy atom. The number of benzene rings is 1. The molecule has 1 aliphatic rings. The second-order valence-electron chi connectivity index (χ2n) is 4.86. The third kappa shape index (κ3) is 3.65. The largest absolute Gasteiger partial charge is 0.389 e. The summed E-state index contributed by atoms with van der Waals surface area (Å²) in [5, 5.41) is 0. The van der Waals surface area contributed by atoms with Crippen molar-refractivity contribution in [2.45, 2.75) is 30.7 Å². The molecule has 0 radical (unpaired) electrons. The van der Waals surface area contributed by atoms with Crippen molar-refractivity contribution in [3.63, 3.8) is 0 Å². The van der Waals surface area contributed by atoms with Crippen LogP contribution >= 0.6 is 24.0 Å². The van der Waals surface area contributed by atoms with Crippen LogP contribution in [-0.2, 0) is 4.74 Å². The quantitative estimate of drug-likeness (QED) is 0.590. The van der Waals surface area contributed by atoms with E-state index in [1.54, 1.807) is 18.9 Å². The summed E-state index contributed by atoms with van der Waals surface area (Å²) in [6, 6.07) is 6.94. The van der Waals surface area contributed by atoms with Gasteiger partial charge in [-0.1, -0.05) is 25.2 Å². The first-order valence-electron chi connectivity index (χ1n) is 7.00. The summed E-state index contributed by atoms with van der Waals surface area (Å²) < 4.78 is 5.24. The summed E-state index contributed by atoms with van der Waals surface area (Å²) in [4.78, 5) is 4.07. The Balaban J connectivity index is 2.36. The van der Waals surface area contributed by atoms with Gasteiger partial charge in [-0.25, -0.2) is 0 Å². The predicted octanol–water partition coefficient (Wildman–Crippen LogP) is 3.05. The van der Waals surface area contributed by atoms with Crippen LogP contribution in [0.3, 0.4) is 0 Å². The molecular weight excluding hydrogens is 288 g/mol. The molecule has 20 heavy (non-hydrogen) atoms. The Hall–Kier alpha value is -0.780. The molecule has 0 unspecified atom stereocenters. The minimum atomic E-state index is 0.486. The van der Waals surface area contributed by atoms with Gasteiger partial charge in [0, 0.05) is 35.8 Å². The van der Waals surface area contributed by atoms with Crippen LogP contribution in [0.1, 0.15) is 25.3 Å². The fourth-order valence-electron chi connectivity index (χ4n) is 2.36. The molecule has 0 aliphatic heterocycles. The van der Waals surface area contributed by atoms with E-state index in [9.17, 15) is 0 Å². The summed E-state index contributed by atoms with van der Waals surface area (Å²) in [6.45, 7) is 3.75. The molecule has 3 nitrogen and oxygen atoms in total. The van der Waals surface area contributed by atoms with E-state index in [0.29, 0.717) is 11.0 Å². The van der Waals surface area contributed by atoms with Crippen molar-refractivity contribution in [1.29, 1.82) is 0 Å². The zero-order valence-corrected chi connectivity index (χ0v) is 13.7. The lowest BCUT2D eigenvalue weighted by molar-refractivity contribution is 0.205. The Morgan fingerprint density at radius 3 is 2.80 bits per heavy atom.